The molecule has 2 fully saturated rings. The molecule has 2 unspecified atom stereocenters. The van der Waals surface area contributed by atoms with E-state index in [1.54, 1.807) is 11.3 Å². The lowest BCUT2D eigenvalue weighted by Crippen LogP contribution is -2.47. The summed E-state index contributed by atoms with van der Waals surface area (Å²) in [4.78, 5) is 9.40. The van der Waals surface area contributed by atoms with Crippen LogP contribution in [0.15, 0.2) is 11.6 Å². The van der Waals surface area contributed by atoms with Gasteiger partial charge >= 0.3 is 0 Å². The molecule has 0 amide bonds. The minimum atomic E-state index is 0.464. The number of hydrogen-bond acceptors (Lipinski definition) is 5. The van der Waals surface area contributed by atoms with Crippen LogP contribution in [0.2, 0.25) is 0 Å². The first-order valence-corrected chi connectivity index (χ1v) is 7.81. The number of nitrogens with two attached hydrogens (primary N) is 1. The zero-order valence-corrected chi connectivity index (χ0v) is 11.6. The third-order valence-electron chi connectivity index (χ3n) is 4.16. The fraction of sp³-hybridized carbons (Fsp3) is 0.769. The van der Waals surface area contributed by atoms with Gasteiger partial charge in [-0.2, -0.15) is 0 Å². The van der Waals surface area contributed by atoms with Crippen molar-refractivity contribution in [1.82, 2.24) is 9.88 Å². The standard InChI is InChI=1S/C13H22N4S/c14-12-2-1-11(9-12)10-16-4-6-17(7-5-16)13-15-3-8-18-13/h3,8,11-12H,1-2,4-7,9-10,14H2. The molecule has 1 aromatic rings. The Morgan fingerprint density at radius 2 is 2.11 bits per heavy atom. The largest absolute Gasteiger partial charge is 0.346 e. The van der Waals surface area contributed by atoms with Crippen LogP contribution in [0.25, 0.3) is 0 Å². The Morgan fingerprint density at radius 3 is 2.72 bits per heavy atom. The van der Waals surface area contributed by atoms with Gasteiger partial charge in [0.1, 0.15) is 0 Å². The average Bonchev–Trinajstić information content (AvgIpc) is 3.02. The summed E-state index contributed by atoms with van der Waals surface area (Å²) in [6.45, 7) is 5.83. The SMILES string of the molecule is NC1CCC(CN2CCN(c3nccs3)CC2)C1. The van der Waals surface area contributed by atoms with Crippen molar-refractivity contribution in [3.8, 4) is 0 Å². The molecule has 1 aromatic heterocycles. The molecule has 0 spiro atoms. The number of thiazole rings is 1. The van der Waals surface area contributed by atoms with E-state index in [0.29, 0.717) is 6.04 Å². The molecular weight excluding hydrogens is 244 g/mol. The molecule has 4 nitrogen and oxygen atoms in total. The monoisotopic (exact) mass is 266 g/mol. The molecule has 100 valence electrons. The van der Waals surface area contributed by atoms with Crippen LogP contribution in [0.4, 0.5) is 5.13 Å². The molecule has 2 N–H and O–H groups in total. The van der Waals surface area contributed by atoms with Crippen LogP contribution in [0.1, 0.15) is 19.3 Å². The molecule has 0 aromatic carbocycles. The van der Waals surface area contributed by atoms with E-state index >= 15 is 0 Å². The van der Waals surface area contributed by atoms with Gasteiger partial charge in [0.15, 0.2) is 5.13 Å². The second-order valence-corrected chi connectivity index (χ2v) is 6.41. The molecule has 0 radical (unpaired) electrons. The Labute approximate surface area is 113 Å². The van der Waals surface area contributed by atoms with Crippen molar-refractivity contribution in [2.24, 2.45) is 11.7 Å². The molecule has 2 heterocycles. The number of rotatable bonds is 3. The van der Waals surface area contributed by atoms with Crippen LogP contribution in [0.3, 0.4) is 0 Å². The number of nitrogens with zero attached hydrogens (tertiary/aromatic N) is 3. The Balaban J connectivity index is 1.45. The lowest BCUT2D eigenvalue weighted by Gasteiger charge is -2.35. The van der Waals surface area contributed by atoms with E-state index in [4.69, 9.17) is 5.73 Å². The molecule has 1 saturated carbocycles. The van der Waals surface area contributed by atoms with E-state index in [9.17, 15) is 0 Å². The van der Waals surface area contributed by atoms with Crippen molar-refractivity contribution in [3.05, 3.63) is 11.6 Å². The molecule has 3 rings (SSSR count). The Bertz CT molecular complexity index is 359. The highest BCUT2D eigenvalue weighted by molar-refractivity contribution is 7.13. The van der Waals surface area contributed by atoms with Crippen LogP contribution in [-0.4, -0.2) is 48.6 Å². The third-order valence-corrected chi connectivity index (χ3v) is 4.99. The highest BCUT2D eigenvalue weighted by Gasteiger charge is 2.26. The van der Waals surface area contributed by atoms with Gasteiger partial charge in [0.2, 0.25) is 0 Å². The Kier molecular flexibility index (Phi) is 3.82. The summed E-state index contributed by atoms with van der Waals surface area (Å²) >= 11 is 1.74. The highest BCUT2D eigenvalue weighted by Crippen LogP contribution is 2.26. The molecule has 2 aliphatic rings. The van der Waals surface area contributed by atoms with E-state index in [1.807, 2.05) is 6.20 Å². The lowest BCUT2D eigenvalue weighted by atomic mass is 10.1. The first-order valence-electron chi connectivity index (χ1n) is 6.93. The fourth-order valence-electron chi connectivity index (χ4n) is 3.14. The molecular formula is C13H22N4S. The Morgan fingerprint density at radius 1 is 1.28 bits per heavy atom. The minimum absolute atomic E-state index is 0.464. The van der Waals surface area contributed by atoms with Crippen molar-refractivity contribution in [2.45, 2.75) is 25.3 Å². The minimum Gasteiger partial charge on any atom is -0.346 e. The van der Waals surface area contributed by atoms with Crippen molar-refractivity contribution < 1.29 is 0 Å². The van der Waals surface area contributed by atoms with Gasteiger partial charge in [-0.3, -0.25) is 4.90 Å². The number of aromatic nitrogens is 1. The Hall–Kier alpha value is -0.650. The zero-order valence-electron chi connectivity index (χ0n) is 10.8. The van der Waals surface area contributed by atoms with Crippen molar-refractivity contribution in [2.75, 3.05) is 37.6 Å². The first kappa shape index (κ1) is 12.4. The molecule has 1 aliphatic heterocycles. The van der Waals surface area contributed by atoms with Crippen LogP contribution < -0.4 is 10.6 Å². The second-order valence-electron chi connectivity index (χ2n) is 5.54. The van der Waals surface area contributed by atoms with E-state index in [0.717, 1.165) is 19.0 Å². The van der Waals surface area contributed by atoms with Gasteiger partial charge in [0.25, 0.3) is 0 Å². The zero-order chi connectivity index (χ0) is 12.4. The van der Waals surface area contributed by atoms with Crippen molar-refractivity contribution >= 4 is 16.5 Å². The summed E-state index contributed by atoms with van der Waals surface area (Å²) in [6, 6.07) is 0.464. The van der Waals surface area contributed by atoms with Crippen LogP contribution in [0.5, 0.6) is 0 Å². The predicted octanol–water partition coefficient (Wildman–Crippen LogP) is 1.39. The topological polar surface area (TPSA) is 45.4 Å². The maximum atomic E-state index is 5.98. The predicted molar refractivity (Wildman–Crippen MR) is 76.1 cm³/mol. The lowest BCUT2D eigenvalue weighted by molar-refractivity contribution is 0.219. The summed E-state index contributed by atoms with van der Waals surface area (Å²) in [5.74, 6) is 0.839. The summed E-state index contributed by atoms with van der Waals surface area (Å²) in [5.41, 5.74) is 5.98. The van der Waals surface area contributed by atoms with Crippen LogP contribution in [-0.2, 0) is 0 Å². The summed E-state index contributed by atoms with van der Waals surface area (Å²) in [7, 11) is 0. The number of hydrogen-bond donors (Lipinski definition) is 1. The van der Waals surface area contributed by atoms with Gasteiger partial charge in [-0.1, -0.05) is 0 Å². The van der Waals surface area contributed by atoms with Gasteiger partial charge in [-0.05, 0) is 25.2 Å². The van der Waals surface area contributed by atoms with Crippen molar-refractivity contribution in [1.29, 1.82) is 0 Å². The first-order chi connectivity index (χ1) is 8.81. The molecule has 1 aliphatic carbocycles. The fourth-order valence-corrected chi connectivity index (χ4v) is 3.84. The number of anilines is 1. The normalized spacial score (nSPS) is 29.9. The van der Waals surface area contributed by atoms with Gasteiger partial charge in [-0.25, -0.2) is 4.98 Å². The molecule has 1 saturated heterocycles. The number of piperazine rings is 1. The maximum absolute atomic E-state index is 5.98. The average molecular weight is 266 g/mol. The summed E-state index contributed by atoms with van der Waals surface area (Å²) in [6.07, 6.45) is 5.68. The third kappa shape index (κ3) is 2.84. The van der Waals surface area contributed by atoms with E-state index in [2.05, 4.69) is 20.2 Å². The van der Waals surface area contributed by atoms with Crippen LogP contribution >= 0.6 is 11.3 Å². The molecule has 2 atom stereocenters. The maximum Gasteiger partial charge on any atom is 0.185 e. The van der Waals surface area contributed by atoms with E-state index < -0.39 is 0 Å². The quantitative estimate of drug-likeness (QED) is 0.898. The van der Waals surface area contributed by atoms with Gasteiger partial charge < -0.3 is 10.6 Å². The second kappa shape index (κ2) is 5.55. The summed E-state index contributed by atoms with van der Waals surface area (Å²) < 4.78 is 0. The van der Waals surface area contributed by atoms with Crippen molar-refractivity contribution in [3.63, 3.8) is 0 Å². The smallest absolute Gasteiger partial charge is 0.185 e. The molecule has 0 bridgehead atoms. The van der Waals surface area contributed by atoms with Gasteiger partial charge in [0, 0.05) is 50.3 Å². The van der Waals surface area contributed by atoms with Gasteiger partial charge in [0.05, 0.1) is 0 Å². The van der Waals surface area contributed by atoms with E-state index in [1.165, 1.54) is 44.0 Å². The summed E-state index contributed by atoms with van der Waals surface area (Å²) in [5, 5.41) is 3.24. The molecule has 5 heteroatoms. The molecule has 18 heavy (non-hydrogen) atoms. The van der Waals surface area contributed by atoms with Gasteiger partial charge in [-0.15, -0.1) is 11.3 Å². The van der Waals surface area contributed by atoms with E-state index in [-0.39, 0.29) is 0 Å². The highest BCUT2D eigenvalue weighted by atomic mass is 32.1. The van der Waals surface area contributed by atoms with Crippen LogP contribution in [0, 0.1) is 5.92 Å².